The number of carbonyl (C=O) groups excluding carboxylic acids is 1. The van der Waals surface area contributed by atoms with Crippen LogP contribution in [-0.4, -0.2) is 19.2 Å². The Labute approximate surface area is 134 Å². The maximum Gasteiger partial charge on any atom is 0.240 e. The fourth-order valence-electron chi connectivity index (χ4n) is 2.02. The largest absolute Gasteiger partial charge is 0.294 e. The molecule has 5 nitrogen and oxygen atoms in total. The van der Waals surface area contributed by atoms with Gasteiger partial charge in [0.1, 0.15) is 0 Å². The van der Waals surface area contributed by atoms with E-state index in [4.69, 9.17) is 0 Å². The van der Waals surface area contributed by atoms with E-state index < -0.39 is 10.0 Å². The van der Waals surface area contributed by atoms with Crippen LogP contribution in [0.5, 0.6) is 0 Å². The highest BCUT2D eigenvalue weighted by Gasteiger charge is 2.17. The summed E-state index contributed by atoms with van der Waals surface area (Å²) in [6, 6.07) is 6.11. The summed E-state index contributed by atoms with van der Waals surface area (Å²) in [7, 11) is -3.65. The van der Waals surface area contributed by atoms with Crippen LogP contribution in [0.15, 0.2) is 29.2 Å². The Morgan fingerprint density at radius 1 is 1.32 bits per heavy atom. The Bertz CT molecular complexity index is 795. The topological polar surface area (TPSA) is 76.1 Å². The van der Waals surface area contributed by atoms with E-state index in [1.807, 2.05) is 13.8 Å². The first-order valence-corrected chi connectivity index (χ1v) is 9.19. The summed E-state index contributed by atoms with van der Waals surface area (Å²) < 4.78 is 27.3. The Hall–Kier alpha value is -1.57. The van der Waals surface area contributed by atoms with Gasteiger partial charge in [-0.15, -0.1) is 11.3 Å². The van der Waals surface area contributed by atoms with Crippen LogP contribution in [0.3, 0.4) is 0 Å². The molecule has 0 atom stereocenters. The van der Waals surface area contributed by atoms with Gasteiger partial charge in [0.25, 0.3) is 0 Å². The number of aryl methyl sites for hydroxylation is 2. The van der Waals surface area contributed by atoms with Crippen molar-refractivity contribution < 1.29 is 13.2 Å². The van der Waals surface area contributed by atoms with Crippen LogP contribution < -0.4 is 4.72 Å². The number of hydrogen-bond donors (Lipinski definition) is 1. The van der Waals surface area contributed by atoms with Crippen molar-refractivity contribution in [2.45, 2.75) is 38.6 Å². The van der Waals surface area contributed by atoms with Crippen molar-refractivity contribution in [3.63, 3.8) is 0 Å². The number of benzene rings is 1. The minimum Gasteiger partial charge on any atom is -0.294 e. The van der Waals surface area contributed by atoms with Crippen LogP contribution in [-0.2, 0) is 16.6 Å². The molecule has 118 valence electrons. The minimum atomic E-state index is -3.65. The second-order valence-electron chi connectivity index (χ2n) is 4.87. The Kier molecular flexibility index (Phi) is 5.10. The van der Waals surface area contributed by atoms with Crippen molar-refractivity contribution in [1.29, 1.82) is 0 Å². The van der Waals surface area contributed by atoms with Gasteiger partial charge in [-0.05, 0) is 26.0 Å². The second-order valence-corrected chi connectivity index (χ2v) is 7.93. The normalized spacial score (nSPS) is 11.6. The molecule has 1 aromatic carbocycles. The molecule has 1 aromatic heterocycles. The number of sulfonamides is 1. The molecule has 22 heavy (non-hydrogen) atoms. The van der Waals surface area contributed by atoms with Crippen LogP contribution >= 0.6 is 11.3 Å². The molecule has 1 N–H and O–H groups in total. The fraction of sp³-hybridized carbons (Fsp3) is 0.333. The zero-order chi connectivity index (χ0) is 16.3. The molecule has 2 rings (SSSR count). The summed E-state index contributed by atoms with van der Waals surface area (Å²) >= 11 is 1.47. The van der Waals surface area contributed by atoms with Gasteiger partial charge in [-0.25, -0.2) is 18.1 Å². The second kappa shape index (κ2) is 6.68. The van der Waals surface area contributed by atoms with Crippen LogP contribution in [0.1, 0.15) is 39.3 Å². The molecule has 7 heteroatoms. The van der Waals surface area contributed by atoms with Crippen molar-refractivity contribution in [1.82, 2.24) is 9.71 Å². The summed E-state index contributed by atoms with van der Waals surface area (Å²) in [4.78, 5) is 17.0. The van der Waals surface area contributed by atoms with Gasteiger partial charge in [0.15, 0.2) is 5.78 Å². The molecular weight excluding hydrogens is 320 g/mol. The molecule has 0 amide bonds. The number of thiazole rings is 1. The summed E-state index contributed by atoms with van der Waals surface area (Å²) in [6.07, 6.45) is 0.344. The molecule has 1 heterocycles. The molecule has 0 saturated carbocycles. The van der Waals surface area contributed by atoms with E-state index in [-0.39, 0.29) is 17.2 Å². The van der Waals surface area contributed by atoms with Crippen molar-refractivity contribution in [3.05, 3.63) is 45.4 Å². The predicted octanol–water partition coefficient (Wildman–Crippen LogP) is 2.83. The van der Waals surface area contributed by atoms with Crippen LogP contribution in [0.4, 0.5) is 0 Å². The molecule has 0 aliphatic heterocycles. The van der Waals surface area contributed by atoms with E-state index in [1.165, 1.54) is 23.5 Å². The number of aromatic nitrogens is 1. The average Bonchev–Trinajstić information content (AvgIpc) is 2.82. The lowest BCUT2D eigenvalue weighted by Crippen LogP contribution is -2.23. The molecule has 0 aliphatic carbocycles. The van der Waals surface area contributed by atoms with Crippen molar-refractivity contribution >= 4 is 27.1 Å². The van der Waals surface area contributed by atoms with Crippen molar-refractivity contribution in [2.24, 2.45) is 0 Å². The smallest absolute Gasteiger partial charge is 0.240 e. The molecule has 2 aromatic rings. The Morgan fingerprint density at radius 3 is 2.64 bits per heavy atom. The zero-order valence-corrected chi connectivity index (χ0v) is 14.3. The fourth-order valence-corrected chi connectivity index (χ4v) is 4.03. The first-order chi connectivity index (χ1) is 10.3. The third kappa shape index (κ3) is 3.79. The number of rotatable bonds is 6. The van der Waals surface area contributed by atoms with Gasteiger partial charge >= 0.3 is 0 Å². The molecule has 0 radical (unpaired) electrons. The molecule has 0 fully saturated rings. The molecular formula is C15H18N2O3S2. The van der Waals surface area contributed by atoms with Gasteiger partial charge < -0.3 is 0 Å². The summed E-state index contributed by atoms with van der Waals surface area (Å²) in [5.41, 5.74) is 1.25. The SMILES string of the molecule is CCC(=O)c1cccc(S(=O)(=O)NCc2sc(C)nc2C)c1. The van der Waals surface area contributed by atoms with Crippen LogP contribution in [0, 0.1) is 13.8 Å². The highest BCUT2D eigenvalue weighted by molar-refractivity contribution is 7.89. The van der Waals surface area contributed by atoms with Gasteiger partial charge in [-0.2, -0.15) is 0 Å². The lowest BCUT2D eigenvalue weighted by molar-refractivity contribution is 0.0988. The molecule has 0 saturated heterocycles. The molecule has 0 bridgehead atoms. The molecule has 0 spiro atoms. The lowest BCUT2D eigenvalue weighted by atomic mass is 10.1. The van der Waals surface area contributed by atoms with Gasteiger partial charge in [0.05, 0.1) is 15.6 Å². The van der Waals surface area contributed by atoms with Crippen LogP contribution in [0.25, 0.3) is 0 Å². The number of ketones is 1. The van der Waals surface area contributed by atoms with Crippen LogP contribution in [0.2, 0.25) is 0 Å². The van der Waals surface area contributed by atoms with Gasteiger partial charge in [-0.1, -0.05) is 19.1 Å². The van der Waals surface area contributed by atoms with Gasteiger partial charge in [0, 0.05) is 23.4 Å². The number of Topliss-reactive ketones (excluding diaryl/α,β-unsaturated/α-hetero) is 1. The number of nitrogens with zero attached hydrogens (tertiary/aromatic N) is 1. The summed E-state index contributed by atoms with van der Waals surface area (Å²) in [6.45, 7) is 5.69. The van der Waals surface area contributed by atoms with Gasteiger partial charge in [-0.3, -0.25) is 4.79 Å². The van der Waals surface area contributed by atoms with Crippen molar-refractivity contribution in [3.8, 4) is 0 Å². The maximum atomic E-state index is 12.3. The Balaban J connectivity index is 2.20. The number of carbonyl (C=O) groups is 1. The highest BCUT2D eigenvalue weighted by atomic mass is 32.2. The molecule has 0 aliphatic rings. The first kappa shape index (κ1) is 16.8. The highest BCUT2D eigenvalue weighted by Crippen LogP contribution is 2.18. The van der Waals surface area contributed by atoms with Crippen molar-refractivity contribution in [2.75, 3.05) is 0 Å². The lowest BCUT2D eigenvalue weighted by Gasteiger charge is -2.07. The van der Waals surface area contributed by atoms with E-state index in [0.29, 0.717) is 12.0 Å². The third-order valence-corrected chi connectivity index (χ3v) is 5.68. The summed E-state index contributed by atoms with van der Waals surface area (Å²) in [5.74, 6) is -0.0778. The van der Waals surface area contributed by atoms with E-state index in [2.05, 4.69) is 9.71 Å². The van der Waals surface area contributed by atoms with E-state index in [9.17, 15) is 13.2 Å². The summed E-state index contributed by atoms with van der Waals surface area (Å²) in [5, 5.41) is 0.905. The zero-order valence-electron chi connectivity index (χ0n) is 12.7. The maximum absolute atomic E-state index is 12.3. The monoisotopic (exact) mass is 338 g/mol. The average molecular weight is 338 g/mol. The van der Waals surface area contributed by atoms with Gasteiger partial charge in [0.2, 0.25) is 10.0 Å². The molecule has 0 unspecified atom stereocenters. The van der Waals surface area contributed by atoms with E-state index in [0.717, 1.165) is 15.6 Å². The van der Waals surface area contributed by atoms with E-state index in [1.54, 1.807) is 19.1 Å². The number of nitrogens with one attached hydrogen (secondary N) is 1. The number of hydrogen-bond acceptors (Lipinski definition) is 5. The first-order valence-electron chi connectivity index (χ1n) is 6.89. The quantitative estimate of drug-likeness (QED) is 0.822. The third-order valence-electron chi connectivity index (χ3n) is 3.21. The van der Waals surface area contributed by atoms with E-state index >= 15 is 0 Å². The predicted molar refractivity (Wildman–Crippen MR) is 86.7 cm³/mol. The minimum absolute atomic E-state index is 0.0778. The Morgan fingerprint density at radius 2 is 2.05 bits per heavy atom. The standard InChI is InChI=1S/C15H18N2O3S2/c1-4-14(18)12-6-5-7-13(8-12)22(19,20)16-9-15-10(2)17-11(3)21-15/h5-8,16H,4,9H2,1-3H3.